The van der Waals surface area contributed by atoms with Crippen molar-refractivity contribution in [1.29, 1.82) is 0 Å². The summed E-state index contributed by atoms with van der Waals surface area (Å²) in [4.78, 5) is 34.3. The number of hydrogen-bond acceptors (Lipinski definition) is 7. The number of aliphatic carboxylic acids is 2. The second-order valence-corrected chi connectivity index (χ2v) is 10.1. The molecule has 3 rings (SSSR count). The Morgan fingerprint density at radius 2 is 1.65 bits per heavy atom. The van der Waals surface area contributed by atoms with Gasteiger partial charge in [0.25, 0.3) is 0 Å². The van der Waals surface area contributed by atoms with Crippen molar-refractivity contribution < 1.29 is 38.2 Å². The maximum atomic E-state index is 13.5. The molecule has 0 saturated carbocycles. The Morgan fingerprint density at radius 3 is 2.27 bits per heavy atom. The van der Waals surface area contributed by atoms with Gasteiger partial charge >= 0.3 is 17.9 Å². The molecular formula is C30H43FN2O7. The van der Waals surface area contributed by atoms with Crippen LogP contribution in [0.15, 0.2) is 34.9 Å². The van der Waals surface area contributed by atoms with Crippen LogP contribution >= 0.6 is 0 Å². The average Bonchev–Trinajstić information content (AvgIpc) is 3.35. The summed E-state index contributed by atoms with van der Waals surface area (Å²) in [6, 6.07) is 4.46. The summed E-state index contributed by atoms with van der Waals surface area (Å²) >= 11 is 0. The van der Waals surface area contributed by atoms with Crippen LogP contribution in [0.5, 0.6) is 0 Å². The highest BCUT2D eigenvalue weighted by Gasteiger charge is 2.32. The van der Waals surface area contributed by atoms with Gasteiger partial charge in [-0.15, -0.1) is 0 Å². The molecule has 0 spiro atoms. The number of fused-ring (bicyclic) bond motifs is 1. The lowest BCUT2D eigenvalue weighted by Crippen LogP contribution is -2.46. The third-order valence-electron chi connectivity index (χ3n) is 7.03. The van der Waals surface area contributed by atoms with E-state index in [0.29, 0.717) is 24.3 Å². The van der Waals surface area contributed by atoms with E-state index in [1.165, 1.54) is 44.2 Å². The van der Waals surface area contributed by atoms with Gasteiger partial charge < -0.3 is 19.5 Å². The van der Waals surface area contributed by atoms with Gasteiger partial charge in [0.1, 0.15) is 11.9 Å². The number of nitrogens with zero attached hydrogens (tertiary/aromatic N) is 2. The Balaban J connectivity index is 0.000000611. The van der Waals surface area contributed by atoms with Crippen molar-refractivity contribution >= 4 is 28.9 Å². The zero-order valence-corrected chi connectivity index (χ0v) is 23.6. The van der Waals surface area contributed by atoms with Crippen LogP contribution in [-0.2, 0) is 19.1 Å². The van der Waals surface area contributed by atoms with Gasteiger partial charge in [0.05, 0.1) is 12.3 Å². The van der Waals surface area contributed by atoms with Crippen molar-refractivity contribution in [3.63, 3.8) is 0 Å². The molecule has 1 unspecified atom stereocenters. The third-order valence-corrected chi connectivity index (χ3v) is 7.03. The van der Waals surface area contributed by atoms with Crippen LogP contribution in [0, 0.1) is 5.82 Å². The summed E-state index contributed by atoms with van der Waals surface area (Å²) in [6.07, 6.45) is 13.1. The maximum Gasteiger partial charge on any atom is 0.328 e. The number of ether oxygens (including phenoxy) is 1. The second kappa shape index (κ2) is 18.1. The Kier molecular flexibility index (Phi) is 14.9. The zero-order valence-electron chi connectivity index (χ0n) is 23.6. The number of benzene rings is 1. The SMILES string of the molecule is CCCCCCCCC(C(=O)OCCCC)N1CCC(c2noc3cc(F)ccc23)CC1.O=C(O)/C=C/C(=O)O. The molecule has 222 valence electrons. The molecule has 0 radical (unpaired) electrons. The second-order valence-electron chi connectivity index (χ2n) is 10.1. The van der Waals surface area contributed by atoms with Crippen molar-refractivity contribution in [2.24, 2.45) is 0 Å². The van der Waals surface area contributed by atoms with Crippen molar-refractivity contribution in [1.82, 2.24) is 10.1 Å². The average molecular weight is 563 g/mol. The summed E-state index contributed by atoms with van der Waals surface area (Å²) in [7, 11) is 0. The first-order valence-corrected chi connectivity index (χ1v) is 14.4. The number of halogens is 1. The van der Waals surface area contributed by atoms with Crippen LogP contribution in [-0.4, -0.2) is 63.9 Å². The fraction of sp³-hybridized carbons (Fsp3) is 0.600. The minimum absolute atomic E-state index is 0.0622. The molecule has 1 aromatic carbocycles. The molecule has 10 heteroatoms. The van der Waals surface area contributed by atoms with Gasteiger partial charge in [-0.3, -0.25) is 9.69 Å². The zero-order chi connectivity index (χ0) is 29.3. The molecule has 0 aliphatic carbocycles. The van der Waals surface area contributed by atoms with Crippen LogP contribution in [0.25, 0.3) is 11.0 Å². The van der Waals surface area contributed by atoms with Crippen molar-refractivity contribution in [3.05, 3.63) is 41.9 Å². The van der Waals surface area contributed by atoms with Crippen LogP contribution in [0.3, 0.4) is 0 Å². The topological polar surface area (TPSA) is 130 Å². The standard InChI is InChI=1S/C26H39FN2O3.C4H4O4/c1-3-5-7-8-9-10-11-23(26(30)31-18-6-4-2)29-16-14-20(15-17-29)25-22-13-12-21(27)19-24(22)32-28-25;5-3(6)1-2-4(7)8/h12-13,19-20,23H,3-11,14-18H2,1-2H3;1-2H,(H,5,6)(H,7,8)/b;2-1+. The first kappa shape index (κ1) is 32.9. The highest BCUT2D eigenvalue weighted by atomic mass is 19.1. The highest BCUT2D eigenvalue weighted by Crippen LogP contribution is 2.34. The lowest BCUT2D eigenvalue weighted by Gasteiger charge is -2.36. The Morgan fingerprint density at radius 1 is 1.02 bits per heavy atom. The van der Waals surface area contributed by atoms with Crippen molar-refractivity contribution in [2.45, 2.75) is 96.4 Å². The van der Waals surface area contributed by atoms with Crippen molar-refractivity contribution in [2.75, 3.05) is 19.7 Å². The van der Waals surface area contributed by atoms with E-state index in [1.807, 2.05) is 0 Å². The van der Waals surface area contributed by atoms with Gasteiger partial charge in [0, 0.05) is 29.5 Å². The van der Waals surface area contributed by atoms with E-state index in [9.17, 15) is 18.8 Å². The van der Waals surface area contributed by atoms with E-state index in [0.717, 1.165) is 62.7 Å². The van der Waals surface area contributed by atoms with E-state index in [-0.39, 0.29) is 23.7 Å². The van der Waals surface area contributed by atoms with Gasteiger partial charge in [-0.25, -0.2) is 14.0 Å². The van der Waals surface area contributed by atoms with Crippen LogP contribution < -0.4 is 0 Å². The normalized spacial score (nSPS) is 15.1. The summed E-state index contributed by atoms with van der Waals surface area (Å²) in [5, 5.41) is 20.8. The molecule has 0 bridgehead atoms. The number of unbranched alkanes of at least 4 members (excludes halogenated alkanes) is 6. The number of hydrogen-bond donors (Lipinski definition) is 2. The Hall–Kier alpha value is -3.27. The number of likely N-dealkylation sites (tertiary alicyclic amines) is 1. The number of rotatable bonds is 15. The van der Waals surface area contributed by atoms with Crippen LogP contribution in [0.1, 0.15) is 96.1 Å². The molecule has 2 N–H and O–H groups in total. The van der Waals surface area contributed by atoms with E-state index >= 15 is 0 Å². The molecule has 1 fully saturated rings. The Bertz CT molecular complexity index is 1080. The lowest BCUT2D eigenvalue weighted by molar-refractivity contribution is -0.151. The Labute approximate surface area is 235 Å². The number of esters is 1. The van der Waals surface area contributed by atoms with Gasteiger partial charge in [-0.2, -0.15) is 0 Å². The molecule has 1 aliphatic heterocycles. The number of carboxylic acids is 2. The van der Waals surface area contributed by atoms with Gasteiger partial charge in [0.2, 0.25) is 0 Å². The number of carboxylic acid groups (broad SMARTS) is 2. The molecule has 1 atom stereocenters. The molecule has 1 saturated heterocycles. The number of aromatic nitrogens is 1. The number of carbonyl (C=O) groups is 3. The lowest BCUT2D eigenvalue weighted by atomic mass is 9.90. The number of piperidine rings is 1. The van der Waals surface area contributed by atoms with Crippen LogP contribution in [0.2, 0.25) is 0 Å². The fourth-order valence-electron chi connectivity index (χ4n) is 4.83. The summed E-state index contributed by atoms with van der Waals surface area (Å²) in [5.41, 5.74) is 1.42. The molecular weight excluding hydrogens is 519 g/mol. The van der Waals surface area contributed by atoms with E-state index in [2.05, 4.69) is 23.9 Å². The smallest absolute Gasteiger partial charge is 0.328 e. The first-order valence-electron chi connectivity index (χ1n) is 14.4. The highest BCUT2D eigenvalue weighted by molar-refractivity contribution is 5.89. The molecule has 0 amide bonds. The van der Waals surface area contributed by atoms with Crippen molar-refractivity contribution in [3.8, 4) is 0 Å². The minimum Gasteiger partial charge on any atom is -0.478 e. The van der Waals surface area contributed by atoms with Gasteiger partial charge in [-0.1, -0.05) is 63.9 Å². The summed E-state index contributed by atoms with van der Waals surface area (Å²) in [6.45, 7) is 6.52. The monoisotopic (exact) mass is 562 g/mol. The van der Waals surface area contributed by atoms with Gasteiger partial charge in [-0.05, 0) is 50.9 Å². The predicted octanol–water partition coefficient (Wildman–Crippen LogP) is 6.32. The molecule has 2 heterocycles. The van der Waals surface area contributed by atoms with Crippen LogP contribution in [0.4, 0.5) is 4.39 Å². The molecule has 40 heavy (non-hydrogen) atoms. The predicted molar refractivity (Wildman–Crippen MR) is 150 cm³/mol. The third kappa shape index (κ3) is 11.5. The van der Waals surface area contributed by atoms with E-state index in [1.54, 1.807) is 6.07 Å². The largest absolute Gasteiger partial charge is 0.478 e. The summed E-state index contributed by atoms with van der Waals surface area (Å²) in [5.74, 6) is -2.62. The molecule has 9 nitrogen and oxygen atoms in total. The fourth-order valence-corrected chi connectivity index (χ4v) is 4.83. The number of carbonyl (C=O) groups excluding carboxylic acids is 1. The molecule has 1 aromatic heterocycles. The maximum absolute atomic E-state index is 13.5. The van der Waals surface area contributed by atoms with E-state index in [4.69, 9.17) is 19.5 Å². The first-order chi connectivity index (χ1) is 19.3. The molecule has 2 aromatic rings. The summed E-state index contributed by atoms with van der Waals surface area (Å²) < 4.78 is 24.4. The quantitative estimate of drug-likeness (QED) is 0.145. The minimum atomic E-state index is -1.26. The van der Waals surface area contributed by atoms with E-state index < -0.39 is 11.9 Å². The van der Waals surface area contributed by atoms with Gasteiger partial charge in [0.15, 0.2) is 5.58 Å². The molecule has 1 aliphatic rings.